The van der Waals surface area contributed by atoms with Crippen molar-refractivity contribution in [1.82, 2.24) is 14.2 Å². The molecule has 4 rings (SSSR count). The minimum absolute atomic E-state index is 0.0355. The number of H-pyrrole nitrogens is 1. The van der Waals surface area contributed by atoms with Gasteiger partial charge >= 0.3 is 4.87 Å². The molecule has 3 aromatic rings. The number of benzene rings is 2. The van der Waals surface area contributed by atoms with Crippen molar-refractivity contribution in [3.8, 4) is 5.75 Å². The van der Waals surface area contributed by atoms with E-state index in [0.29, 0.717) is 35.0 Å². The first-order valence-electron chi connectivity index (χ1n) is 10.1. The Hall–Kier alpha value is -2.95. The fraction of sp³-hybridized carbons (Fsp3) is 0.273. The summed E-state index contributed by atoms with van der Waals surface area (Å²) in [6.45, 7) is 2.93. The molecule has 1 amide bonds. The monoisotopic (exact) mass is 473 g/mol. The van der Waals surface area contributed by atoms with Gasteiger partial charge in [-0.2, -0.15) is 4.31 Å². The predicted molar refractivity (Wildman–Crippen MR) is 122 cm³/mol. The molecule has 0 aliphatic carbocycles. The third-order valence-corrected chi connectivity index (χ3v) is 8.71. The van der Waals surface area contributed by atoms with Crippen LogP contribution >= 0.6 is 11.3 Å². The van der Waals surface area contributed by atoms with Crippen molar-refractivity contribution in [3.63, 3.8) is 0 Å². The van der Waals surface area contributed by atoms with Crippen molar-refractivity contribution in [2.75, 3.05) is 26.2 Å². The lowest BCUT2D eigenvalue weighted by atomic mass is 10.1. The quantitative estimate of drug-likeness (QED) is 0.593. The molecular formula is C22H23N3O5S2. The molecule has 1 N–H and O–H groups in total. The highest BCUT2D eigenvalue weighted by molar-refractivity contribution is 7.91. The molecule has 0 spiro atoms. The highest BCUT2D eigenvalue weighted by Gasteiger charge is 2.32. The molecule has 0 bridgehead atoms. The minimum atomic E-state index is -3.75. The number of carbonyl (C=O) groups excluding carboxylic acids is 1. The van der Waals surface area contributed by atoms with Crippen LogP contribution in [0.5, 0.6) is 5.75 Å². The molecule has 8 nitrogen and oxygen atoms in total. The summed E-state index contributed by atoms with van der Waals surface area (Å²) in [4.78, 5) is 28.1. The number of nitrogens with one attached hydrogen (secondary N) is 1. The molecule has 2 aromatic carbocycles. The smallest absolute Gasteiger partial charge is 0.305 e. The van der Waals surface area contributed by atoms with Crippen LogP contribution < -0.4 is 9.61 Å². The molecule has 1 aliphatic heterocycles. The van der Waals surface area contributed by atoms with Gasteiger partial charge in [0.05, 0.1) is 0 Å². The van der Waals surface area contributed by atoms with Crippen molar-refractivity contribution in [3.05, 3.63) is 81.1 Å². The zero-order chi connectivity index (χ0) is 22.7. The van der Waals surface area contributed by atoms with Gasteiger partial charge in [0, 0.05) is 37.4 Å². The lowest BCUT2D eigenvalue weighted by Crippen LogP contribution is -2.50. The number of rotatable bonds is 6. The zero-order valence-electron chi connectivity index (χ0n) is 17.5. The van der Waals surface area contributed by atoms with Crippen LogP contribution in [0.3, 0.4) is 0 Å². The van der Waals surface area contributed by atoms with E-state index in [1.165, 1.54) is 4.31 Å². The molecule has 32 heavy (non-hydrogen) atoms. The predicted octanol–water partition coefficient (Wildman–Crippen LogP) is 2.47. The first-order chi connectivity index (χ1) is 15.3. The second kappa shape index (κ2) is 9.27. The Balaban J connectivity index is 1.35. The van der Waals surface area contributed by atoms with Crippen LogP contribution in [0, 0.1) is 6.92 Å². The van der Waals surface area contributed by atoms with Gasteiger partial charge in [-0.15, -0.1) is 0 Å². The van der Waals surface area contributed by atoms with Gasteiger partial charge in [-0.25, -0.2) is 8.42 Å². The molecule has 1 aliphatic rings. The van der Waals surface area contributed by atoms with Crippen molar-refractivity contribution >= 4 is 27.3 Å². The SMILES string of the molecule is Cc1[nH]c(=O)sc1S(=O)(=O)N1CCN(C(=O)c2ccc(OCc3ccccc3)cc2)CC1. The Kier molecular flexibility index (Phi) is 6.45. The molecular weight excluding hydrogens is 450 g/mol. The van der Waals surface area contributed by atoms with Gasteiger partial charge in [-0.3, -0.25) is 9.59 Å². The molecule has 0 radical (unpaired) electrons. The Bertz CT molecular complexity index is 1240. The molecule has 10 heteroatoms. The van der Waals surface area contributed by atoms with E-state index >= 15 is 0 Å². The lowest BCUT2D eigenvalue weighted by Gasteiger charge is -2.33. The van der Waals surface area contributed by atoms with Crippen LogP contribution in [0.25, 0.3) is 0 Å². The van der Waals surface area contributed by atoms with E-state index < -0.39 is 14.9 Å². The summed E-state index contributed by atoms with van der Waals surface area (Å²) in [6, 6.07) is 16.8. The normalized spacial score (nSPS) is 15.0. The van der Waals surface area contributed by atoms with Gasteiger partial charge in [-0.05, 0) is 36.8 Å². The van der Waals surface area contributed by atoms with Gasteiger partial charge < -0.3 is 14.6 Å². The number of aromatic amines is 1. The highest BCUT2D eigenvalue weighted by atomic mass is 32.2. The molecule has 1 saturated heterocycles. The largest absolute Gasteiger partial charge is 0.489 e. The van der Waals surface area contributed by atoms with E-state index in [1.54, 1.807) is 36.1 Å². The summed E-state index contributed by atoms with van der Waals surface area (Å²) < 4.78 is 32.8. The third-order valence-electron chi connectivity index (χ3n) is 5.23. The van der Waals surface area contributed by atoms with Gasteiger partial charge in [0.25, 0.3) is 15.9 Å². The summed E-state index contributed by atoms with van der Waals surface area (Å²) >= 11 is 0.690. The minimum Gasteiger partial charge on any atom is -0.489 e. The molecule has 0 unspecified atom stereocenters. The zero-order valence-corrected chi connectivity index (χ0v) is 19.1. The fourth-order valence-electron chi connectivity index (χ4n) is 3.50. The van der Waals surface area contributed by atoms with Crippen molar-refractivity contribution in [2.24, 2.45) is 0 Å². The van der Waals surface area contributed by atoms with Crippen LogP contribution in [-0.4, -0.2) is 54.7 Å². The van der Waals surface area contributed by atoms with E-state index in [1.807, 2.05) is 30.3 Å². The number of carbonyl (C=O) groups is 1. The van der Waals surface area contributed by atoms with Crippen LogP contribution in [0.2, 0.25) is 0 Å². The number of hydrogen-bond acceptors (Lipinski definition) is 6. The fourth-order valence-corrected chi connectivity index (χ4v) is 6.36. The average Bonchev–Trinajstić information content (AvgIpc) is 3.17. The third kappa shape index (κ3) is 4.77. The molecule has 1 aromatic heterocycles. The van der Waals surface area contributed by atoms with Crippen LogP contribution in [0.15, 0.2) is 63.6 Å². The second-order valence-corrected chi connectivity index (χ2v) is 10.5. The summed E-state index contributed by atoms with van der Waals surface area (Å²) in [5.74, 6) is 0.515. The average molecular weight is 474 g/mol. The summed E-state index contributed by atoms with van der Waals surface area (Å²) in [5.41, 5.74) is 1.92. The Labute approximate surface area is 190 Å². The number of ether oxygens (including phenoxy) is 1. The Morgan fingerprint density at radius 2 is 1.69 bits per heavy atom. The van der Waals surface area contributed by atoms with E-state index in [0.717, 1.165) is 5.56 Å². The van der Waals surface area contributed by atoms with Crippen molar-refractivity contribution in [2.45, 2.75) is 17.7 Å². The van der Waals surface area contributed by atoms with Gasteiger partial charge in [-0.1, -0.05) is 41.7 Å². The van der Waals surface area contributed by atoms with E-state index in [2.05, 4.69) is 4.98 Å². The Morgan fingerprint density at radius 1 is 1.03 bits per heavy atom. The highest BCUT2D eigenvalue weighted by Crippen LogP contribution is 2.23. The van der Waals surface area contributed by atoms with E-state index in [9.17, 15) is 18.0 Å². The topological polar surface area (TPSA) is 99.8 Å². The number of amides is 1. The first-order valence-corrected chi connectivity index (χ1v) is 12.4. The van der Waals surface area contributed by atoms with Crippen molar-refractivity contribution in [1.29, 1.82) is 0 Å². The van der Waals surface area contributed by atoms with Crippen LogP contribution in [0.1, 0.15) is 21.6 Å². The summed E-state index contributed by atoms with van der Waals surface area (Å²) in [6.07, 6.45) is 0. The van der Waals surface area contributed by atoms with Gasteiger partial charge in [0.2, 0.25) is 0 Å². The van der Waals surface area contributed by atoms with Crippen LogP contribution in [0.4, 0.5) is 0 Å². The number of thiazole rings is 1. The summed E-state index contributed by atoms with van der Waals surface area (Å²) in [7, 11) is -3.75. The second-order valence-electron chi connectivity index (χ2n) is 7.42. The number of hydrogen-bond donors (Lipinski definition) is 1. The molecule has 168 valence electrons. The number of aryl methyl sites for hydroxylation is 1. The van der Waals surface area contributed by atoms with Gasteiger partial charge in [0.1, 0.15) is 12.4 Å². The maximum atomic E-state index is 12.8. The first kappa shape index (κ1) is 22.3. The van der Waals surface area contributed by atoms with Gasteiger partial charge in [0.15, 0.2) is 4.21 Å². The summed E-state index contributed by atoms with van der Waals surface area (Å²) in [5, 5.41) is 0. The molecule has 1 fully saturated rings. The molecule has 0 atom stereocenters. The van der Waals surface area contributed by atoms with E-state index in [-0.39, 0.29) is 36.3 Å². The number of piperazine rings is 1. The Morgan fingerprint density at radius 3 is 2.28 bits per heavy atom. The van der Waals surface area contributed by atoms with Crippen LogP contribution in [-0.2, 0) is 16.6 Å². The van der Waals surface area contributed by atoms with E-state index in [4.69, 9.17) is 4.74 Å². The maximum absolute atomic E-state index is 12.8. The number of aromatic nitrogens is 1. The van der Waals surface area contributed by atoms with Crippen molar-refractivity contribution < 1.29 is 17.9 Å². The number of nitrogens with zero attached hydrogens (tertiary/aromatic N) is 2. The number of sulfonamides is 1. The maximum Gasteiger partial charge on any atom is 0.305 e. The standard InChI is InChI=1S/C22H23N3O5S2/c1-16-21(31-22(27)23-16)32(28,29)25-13-11-24(12-14-25)20(26)18-7-9-19(10-8-18)30-15-17-5-3-2-4-6-17/h2-10H,11-15H2,1H3,(H,23,27). The lowest BCUT2D eigenvalue weighted by molar-refractivity contribution is 0.0698. The molecule has 2 heterocycles. The molecule has 0 saturated carbocycles.